The highest BCUT2D eigenvalue weighted by Crippen LogP contribution is 1.74. The van der Waals surface area contributed by atoms with E-state index in [2.05, 4.69) is 0 Å². The van der Waals surface area contributed by atoms with Crippen LogP contribution in [0.4, 0.5) is 0 Å². The Hall–Kier alpha value is 0.366. The van der Waals surface area contributed by atoms with Crippen molar-refractivity contribution in [3.8, 4) is 0 Å². The molecule has 0 amide bonds. The van der Waals surface area contributed by atoms with Crippen molar-refractivity contribution in [3.05, 3.63) is 10.4 Å². The molecular weight excluding hydrogens is 180 g/mol. The van der Waals surface area contributed by atoms with Crippen molar-refractivity contribution >= 4 is 23.1 Å². The summed E-state index contributed by atoms with van der Waals surface area (Å²) in [4.78, 5) is 0. The molecule has 0 atom stereocenters. The van der Waals surface area contributed by atoms with E-state index < -0.39 is 10.3 Å². The van der Waals surface area contributed by atoms with E-state index in [4.69, 9.17) is 41.7 Å². The molecule has 0 aromatic heterocycles. The van der Waals surface area contributed by atoms with Gasteiger partial charge in [-0.05, 0) is 0 Å². The van der Waals surface area contributed by atoms with Crippen molar-refractivity contribution in [3.63, 3.8) is 0 Å². The summed E-state index contributed by atoms with van der Waals surface area (Å²) in [6.07, 6.45) is 0. The van der Waals surface area contributed by atoms with Gasteiger partial charge < -0.3 is 10.4 Å². The van der Waals surface area contributed by atoms with Gasteiger partial charge in [0, 0.05) is 0 Å². The van der Waals surface area contributed by atoms with Crippen molar-refractivity contribution in [1.82, 2.24) is 0 Å². The van der Waals surface area contributed by atoms with Crippen LogP contribution in [0, 0.1) is 10.4 Å². The van der Waals surface area contributed by atoms with E-state index in [9.17, 15) is 0 Å². The van der Waals surface area contributed by atoms with Crippen molar-refractivity contribution in [2.24, 2.45) is 0 Å². The van der Waals surface area contributed by atoms with E-state index in [-0.39, 0.29) is 23.1 Å². The molecule has 0 aliphatic carbocycles. The Morgan fingerprint density at radius 3 is 0.636 bits per heavy atom. The zero-order chi connectivity index (χ0) is 9.00. The first kappa shape index (κ1) is 17.5. The van der Waals surface area contributed by atoms with Crippen LogP contribution >= 0.6 is 0 Å². The lowest BCUT2D eigenvalue weighted by molar-refractivity contribution is -1.34. The van der Waals surface area contributed by atoms with E-state index in [1.165, 1.54) is 0 Å². The molecule has 6 N–H and O–H groups in total. The third kappa shape index (κ3) is 5410. The highest BCUT2D eigenvalue weighted by molar-refractivity contribution is 5.75. The van der Waals surface area contributed by atoms with Crippen LogP contribution in [0.3, 0.4) is 0 Å². The second-order valence-corrected chi connectivity index (χ2v) is 1.03. The first-order chi connectivity index (χ1) is 4.00. The first-order valence-corrected chi connectivity index (χ1v) is 1.57. The van der Waals surface area contributed by atoms with Gasteiger partial charge in [0.15, 0.2) is 0 Å². The van der Waals surface area contributed by atoms with Crippen LogP contribution in [0.5, 0.6) is 0 Å². The molecule has 0 spiro atoms. The van der Waals surface area contributed by atoms with Crippen molar-refractivity contribution < 1.29 is 41.5 Å². The fourth-order valence-corrected chi connectivity index (χ4v) is 0. The van der Waals surface area contributed by atoms with Gasteiger partial charge in [0.1, 0.15) is 0 Å². The third-order valence-electron chi connectivity index (χ3n) is 0. The van der Waals surface area contributed by atoms with E-state index in [0.29, 0.717) is 0 Å². The molecule has 0 unspecified atom stereocenters. The van der Waals surface area contributed by atoms with E-state index >= 15 is 0 Å². The molecule has 0 aliphatic heterocycles. The minimum atomic E-state index is -3.25. The second kappa shape index (κ2) is 5.95. The smallest absolute Gasteiger partial charge is 0.316 e. The number of hydrogen-bond donors (Lipinski definition) is 6. The highest BCUT2D eigenvalue weighted by Gasteiger charge is 1.93. The fraction of sp³-hybridized carbons (Fsp3) is 0. The van der Waals surface area contributed by atoms with E-state index in [0.717, 1.165) is 0 Å². The monoisotopic (exact) mass is 188 g/mol. The van der Waals surface area contributed by atoms with Gasteiger partial charge in [0.05, 0.1) is 10.3 Å². The average molecular weight is 188 g/mol. The lowest BCUT2D eigenvalue weighted by Crippen LogP contribution is -2.28. The van der Waals surface area contributed by atoms with Crippen LogP contribution in [0.1, 0.15) is 0 Å². The molecule has 0 radical (unpaired) electrons. The minimum Gasteiger partial charge on any atom is -0.529 e. The summed E-state index contributed by atoms with van der Waals surface area (Å²) in [5.41, 5.74) is 0. The van der Waals surface area contributed by atoms with E-state index in [1.54, 1.807) is 0 Å². The maximum absolute atomic E-state index is 8.71. The number of rotatable bonds is 0. The largest absolute Gasteiger partial charge is 0.529 e. The SMILES string of the molecule is [MgH2].[O-][N+](O)(O)O.[O-][N+](O)(O)O. The van der Waals surface area contributed by atoms with E-state index in [1.807, 2.05) is 0 Å². The summed E-state index contributed by atoms with van der Waals surface area (Å²) in [5.74, 6) is 0. The molecule has 0 aromatic rings. The molecule has 0 saturated carbocycles. The van der Waals surface area contributed by atoms with Gasteiger partial charge in [0.25, 0.3) is 0 Å². The molecule has 0 fully saturated rings. The standard InChI is InChI=1S/Mg.2H3NO4.2H/c;2*2-1(3,4)5;;/h;2*2-4H;;. The van der Waals surface area contributed by atoms with Crippen LogP contribution in [0.15, 0.2) is 0 Å². The summed E-state index contributed by atoms with van der Waals surface area (Å²) in [5, 5.41) is 53.0. The predicted octanol–water partition coefficient (Wildman–Crippen LogP) is -1.98. The minimum absolute atomic E-state index is 0. The Balaban J connectivity index is -0.000000107. The Kier molecular flexibility index (Phi) is 9.43. The summed E-state index contributed by atoms with van der Waals surface area (Å²) in [6, 6.07) is 0. The van der Waals surface area contributed by atoms with Crippen molar-refractivity contribution in [1.29, 1.82) is 0 Å². The number of hydrogen-bond acceptors (Lipinski definition) is 8. The molecule has 11 heteroatoms. The molecule has 10 nitrogen and oxygen atoms in total. The van der Waals surface area contributed by atoms with Crippen LogP contribution < -0.4 is 0 Å². The molecular formula is H8MgN2O8. The van der Waals surface area contributed by atoms with Crippen LogP contribution in [-0.2, 0) is 0 Å². The molecule has 0 heterocycles. The summed E-state index contributed by atoms with van der Waals surface area (Å²) in [7, 11) is 0. The van der Waals surface area contributed by atoms with Gasteiger partial charge in [-0.2, -0.15) is 0 Å². The van der Waals surface area contributed by atoms with Gasteiger partial charge in [-0.1, -0.05) is 0 Å². The topological polar surface area (TPSA) is 168 Å². The molecule has 0 rings (SSSR count). The number of quaternary nitrogens is 2. The van der Waals surface area contributed by atoms with Gasteiger partial charge in [-0.3, -0.25) is 0 Å². The Morgan fingerprint density at radius 1 is 0.636 bits per heavy atom. The Bertz CT molecular complexity index is 55.1. The molecule has 0 aliphatic rings. The van der Waals surface area contributed by atoms with Crippen LogP contribution in [0.2, 0.25) is 0 Å². The van der Waals surface area contributed by atoms with Crippen molar-refractivity contribution in [2.75, 3.05) is 0 Å². The predicted molar refractivity (Wildman–Crippen MR) is 26.5 cm³/mol. The lowest BCUT2D eigenvalue weighted by Gasteiger charge is -2.10. The normalized spacial score (nSPS) is 10.9. The molecule has 0 bridgehead atoms. The molecule has 0 saturated heterocycles. The Labute approximate surface area is 75.6 Å². The zero-order valence-corrected chi connectivity index (χ0v) is 4.39. The van der Waals surface area contributed by atoms with Gasteiger partial charge >= 0.3 is 23.1 Å². The van der Waals surface area contributed by atoms with Gasteiger partial charge in [0.2, 0.25) is 0 Å². The molecule has 68 valence electrons. The van der Waals surface area contributed by atoms with Gasteiger partial charge in [-0.25, -0.2) is 0 Å². The number of nitrogens with zero attached hydrogens (tertiary/aromatic N) is 2. The lowest BCUT2D eigenvalue weighted by atomic mass is 12.8. The molecule has 0 aromatic carbocycles. The second-order valence-electron chi connectivity index (χ2n) is 1.03. The molecule has 11 heavy (non-hydrogen) atoms. The quantitative estimate of drug-likeness (QED) is 0.144. The van der Waals surface area contributed by atoms with Crippen molar-refractivity contribution in [2.45, 2.75) is 0 Å². The first-order valence-electron chi connectivity index (χ1n) is 1.57. The maximum atomic E-state index is 8.71. The maximum Gasteiger partial charge on any atom is 0.316 e. The summed E-state index contributed by atoms with van der Waals surface area (Å²) < 4.78 is 0. The average Bonchev–Trinajstić information content (AvgIpc) is 1.12. The van der Waals surface area contributed by atoms with Gasteiger partial charge in [-0.15, -0.1) is 31.2 Å². The third-order valence-corrected chi connectivity index (χ3v) is 0. The van der Waals surface area contributed by atoms with Crippen LogP contribution in [0.25, 0.3) is 0 Å². The Morgan fingerprint density at radius 2 is 0.636 bits per heavy atom. The highest BCUT2D eigenvalue weighted by atomic mass is 24.3. The fourth-order valence-electron chi connectivity index (χ4n) is 0. The van der Waals surface area contributed by atoms with Crippen LogP contribution in [-0.4, -0.2) is 64.6 Å². The summed E-state index contributed by atoms with van der Waals surface area (Å²) >= 11 is 0. The zero-order valence-electron chi connectivity index (χ0n) is 4.39. The summed E-state index contributed by atoms with van der Waals surface area (Å²) in [6.45, 7) is 0.